The SMILES string of the molecule is NC1CN(c2ccnc(CC(=O)Nc3ccc(-c4cc5c(N6CCOCC6)ncnc5[nH]4)cc3)n2)C1. The van der Waals surface area contributed by atoms with Gasteiger partial charge in [-0.05, 0) is 29.8 Å². The summed E-state index contributed by atoms with van der Waals surface area (Å²) in [5.74, 6) is 2.03. The normalized spacial score (nSPS) is 16.2. The van der Waals surface area contributed by atoms with E-state index in [-0.39, 0.29) is 18.4 Å². The van der Waals surface area contributed by atoms with Crippen molar-refractivity contribution in [2.75, 3.05) is 54.5 Å². The van der Waals surface area contributed by atoms with Crippen LogP contribution in [-0.2, 0) is 16.0 Å². The fourth-order valence-corrected chi connectivity index (χ4v) is 4.54. The zero-order valence-electron chi connectivity index (χ0n) is 19.7. The van der Waals surface area contributed by atoms with Crippen LogP contribution in [0.25, 0.3) is 22.3 Å². The quantitative estimate of drug-likeness (QED) is 0.371. The number of aromatic nitrogens is 5. The van der Waals surface area contributed by atoms with Crippen LogP contribution in [0.3, 0.4) is 0 Å². The van der Waals surface area contributed by atoms with Gasteiger partial charge < -0.3 is 30.6 Å². The molecule has 0 unspecified atom stereocenters. The highest BCUT2D eigenvalue weighted by molar-refractivity contribution is 5.93. The van der Waals surface area contributed by atoms with Gasteiger partial charge in [-0.3, -0.25) is 4.79 Å². The van der Waals surface area contributed by atoms with Crippen molar-refractivity contribution in [3.05, 3.63) is 54.7 Å². The number of nitrogens with two attached hydrogens (primary N) is 1. The fourth-order valence-electron chi connectivity index (χ4n) is 4.54. The number of H-pyrrole nitrogens is 1. The summed E-state index contributed by atoms with van der Waals surface area (Å²) >= 11 is 0. The molecule has 2 fully saturated rings. The second-order valence-electron chi connectivity index (χ2n) is 9.04. The van der Waals surface area contributed by atoms with Crippen LogP contribution in [0.1, 0.15) is 5.82 Å². The maximum absolute atomic E-state index is 12.6. The molecule has 1 aromatic carbocycles. The Morgan fingerprint density at radius 3 is 2.67 bits per heavy atom. The number of nitrogens with one attached hydrogen (secondary N) is 2. The number of aromatic amines is 1. The standard InChI is InChI=1S/C25H27N9O2/c26-17-13-34(14-17)22-5-6-27-21(32-22)12-23(35)30-18-3-1-16(2-4-18)20-11-19-24(31-20)28-15-29-25(19)33-7-9-36-10-8-33/h1-6,11,15,17H,7-10,12-14,26H2,(H,30,35)(H,28,29,31). The second-order valence-corrected chi connectivity index (χ2v) is 9.04. The number of benzene rings is 1. The number of hydrogen-bond acceptors (Lipinski definition) is 9. The average molecular weight is 486 g/mol. The molecule has 2 aliphatic rings. The summed E-state index contributed by atoms with van der Waals surface area (Å²) in [5.41, 5.74) is 9.28. The summed E-state index contributed by atoms with van der Waals surface area (Å²) in [6.07, 6.45) is 3.36. The summed E-state index contributed by atoms with van der Waals surface area (Å²) in [5, 5.41) is 3.91. The van der Waals surface area contributed by atoms with Gasteiger partial charge in [0.2, 0.25) is 5.91 Å². The molecule has 1 amide bonds. The van der Waals surface area contributed by atoms with Gasteiger partial charge in [-0.25, -0.2) is 19.9 Å². The molecule has 0 bridgehead atoms. The minimum Gasteiger partial charge on any atom is -0.378 e. The molecule has 2 aliphatic heterocycles. The number of nitrogens with zero attached hydrogens (tertiary/aromatic N) is 6. The number of carbonyl (C=O) groups excluding carboxylic acids is 1. The van der Waals surface area contributed by atoms with E-state index in [1.165, 1.54) is 0 Å². The van der Waals surface area contributed by atoms with Crippen molar-refractivity contribution in [3.63, 3.8) is 0 Å². The largest absolute Gasteiger partial charge is 0.378 e. The molecule has 6 rings (SSSR count). The summed E-state index contributed by atoms with van der Waals surface area (Å²) < 4.78 is 5.47. The molecule has 0 aliphatic carbocycles. The minimum atomic E-state index is -0.170. The van der Waals surface area contributed by atoms with Gasteiger partial charge in [0, 0.05) is 49.8 Å². The van der Waals surface area contributed by atoms with Crippen molar-refractivity contribution in [1.29, 1.82) is 0 Å². The number of amides is 1. The lowest BCUT2D eigenvalue weighted by molar-refractivity contribution is -0.115. The number of carbonyl (C=O) groups is 1. The third kappa shape index (κ3) is 4.58. The number of hydrogen-bond donors (Lipinski definition) is 3. The first-order valence-corrected chi connectivity index (χ1v) is 12.0. The maximum atomic E-state index is 12.6. The number of ether oxygens (including phenoxy) is 1. The van der Waals surface area contributed by atoms with Crippen molar-refractivity contribution in [1.82, 2.24) is 24.9 Å². The molecule has 0 saturated carbocycles. The molecule has 4 N–H and O–H groups in total. The summed E-state index contributed by atoms with van der Waals surface area (Å²) in [6, 6.07) is 11.8. The Morgan fingerprint density at radius 1 is 1.08 bits per heavy atom. The van der Waals surface area contributed by atoms with E-state index in [2.05, 4.69) is 46.1 Å². The fraction of sp³-hybridized carbons (Fsp3) is 0.320. The molecule has 4 aromatic rings. The van der Waals surface area contributed by atoms with E-state index in [4.69, 9.17) is 10.5 Å². The lowest BCUT2D eigenvalue weighted by Crippen LogP contribution is -2.56. The molecule has 3 aromatic heterocycles. The highest BCUT2D eigenvalue weighted by atomic mass is 16.5. The van der Waals surface area contributed by atoms with Gasteiger partial charge in [0.25, 0.3) is 0 Å². The monoisotopic (exact) mass is 485 g/mol. The summed E-state index contributed by atoms with van der Waals surface area (Å²) in [7, 11) is 0. The van der Waals surface area contributed by atoms with Gasteiger partial charge in [-0.15, -0.1) is 0 Å². The molecule has 0 radical (unpaired) electrons. The number of anilines is 3. The Morgan fingerprint density at radius 2 is 1.89 bits per heavy atom. The van der Waals surface area contributed by atoms with Gasteiger partial charge in [-0.1, -0.05) is 12.1 Å². The van der Waals surface area contributed by atoms with E-state index < -0.39 is 0 Å². The van der Waals surface area contributed by atoms with Crippen molar-refractivity contribution >= 4 is 34.3 Å². The zero-order valence-corrected chi connectivity index (χ0v) is 19.7. The van der Waals surface area contributed by atoms with Crippen molar-refractivity contribution < 1.29 is 9.53 Å². The molecule has 11 heteroatoms. The topological polar surface area (TPSA) is 138 Å². The van der Waals surface area contributed by atoms with Gasteiger partial charge in [-0.2, -0.15) is 0 Å². The molecule has 5 heterocycles. The van der Waals surface area contributed by atoms with E-state index >= 15 is 0 Å². The van der Waals surface area contributed by atoms with E-state index in [1.54, 1.807) is 12.5 Å². The van der Waals surface area contributed by atoms with E-state index in [0.717, 1.165) is 60.1 Å². The van der Waals surface area contributed by atoms with E-state index in [0.29, 0.717) is 24.7 Å². The molecular weight excluding hydrogens is 458 g/mol. The average Bonchev–Trinajstić information content (AvgIpc) is 3.32. The predicted octanol–water partition coefficient (Wildman–Crippen LogP) is 1.58. The first-order valence-electron chi connectivity index (χ1n) is 12.0. The molecule has 0 spiro atoms. The predicted molar refractivity (Wildman–Crippen MR) is 137 cm³/mol. The number of rotatable bonds is 6. The van der Waals surface area contributed by atoms with Gasteiger partial charge in [0.1, 0.15) is 29.4 Å². The van der Waals surface area contributed by atoms with Crippen LogP contribution in [0.15, 0.2) is 48.9 Å². The summed E-state index contributed by atoms with van der Waals surface area (Å²) in [6.45, 7) is 4.55. The smallest absolute Gasteiger partial charge is 0.232 e. The molecule has 184 valence electrons. The first-order chi connectivity index (χ1) is 17.6. The van der Waals surface area contributed by atoms with E-state index in [1.807, 2.05) is 30.3 Å². The van der Waals surface area contributed by atoms with Crippen LogP contribution >= 0.6 is 0 Å². The highest BCUT2D eigenvalue weighted by Gasteiger charge is 2.24. The second kappa shape index (κ2) is 9.51. The minimum absolute atomic E-state index is 0.0977. The van der Waals surface area contributed by atoms with Crippen LogP contribution in [-0.4, -0.2) is 76.3 Å². The van der Waals surface area contributed by atoms with Crippen LogP contribution in [0, 0.1) is 0 Å². The number of morpholine rings is 1. The van der Waals surface area contributed by atoms with Crippen molar-refractivity contribution in [2.24, 2.45) is 5.73 Å². The Kier molecular flexibility index (Phi) is 5.91. The number of fused-ring (bicyclic) bond motifs is 1. The Balaban J connectivity index is 1.13. The van der Waals surface area contributed by atoms with Gasteiger partial charge in [0.15, 0.2) is 0 Å². The molecule has 11 nitrogen and oxygen atoms in total. The van der Waals surface area contributed by atoms with Crippen LogP contribution in [0.5, 0.6) is 0 Å². The molecule has 2 saturated heterocycles. The maximum Gasteiger partial charge on any atom is 0.232 e. The van der Waals surface area contributed by atoms with Gasteiger partial charge in [0.05, 0.1) is 25.0 Å². The van der Waals surface area contributed by atoms with Crippen LogP contribution in [0.4, 0.5) is 17.3 Å². The van der Waals surface area contributed by atoms with Gasteiger partial charge >= 0.3 is 0 Å². The van der Waals surface area contributed by atoms with Crippen molar-refractivity contribution in [3.8, 4) is 11.3 Å². The zero-order chi connectivity index (χ0) is 24.5. The molecule has 0 atom stereocenters. The summed E-state index contributed by atoms with van der Waals surface area (Å²) in [4.78, 5) is 37.9. The van der Waals surface area contributed by atoms with E-state index in [9.17, 15) is 4.79 Å². The lowest BCUT2D eigenvalue weighted by Gasteiger charge is -2.37. The lowest BCUT2D eigenvalue weighted by atomic mass is 10.1. The third-order valence-corrected chi connectivity index (χ3v) is 6.44. The third-order valence-electron chi connectivity index (χ3n) is 6.44. The highest BCUT2D eigenvalue weighted by Crippen LogP contribution is 2.29. The Labute approximate surface area is 207 Å². The van der Waals surface area contributed by atoms with Crippen molar-refractivity contribution in [2.45, 2.75) is 12.5 Å². The van der Waals surface area contributed by atoms with Crippen LogP contribution in [0.2, 0.25) is 0 Å². The first kappa shape index (κ1) is 22.4. The molecule has 36 heavy (non-hydrogen) atoms. The van der Waals surface area contributed by atoms with Crippen LogP contribution < -0.4 is 20.9 Å². The Hall–Kier alpha value is -4.09. The molecular formula is C25H27N9O2. The Bertz CT molecular complexity index is 1380.